The first-order chi connectivity index (χ1) is 14.9. The number of anilines is 1. The van der Waals surface area contributed by atoms with Crippen molar-refractivity contribution >= 4 is 5.69 Å². The van der Waals surface area contributed by atoms with Gasteiger partial charge in [0, 0.05) is 24.0 Å². The highest BCUT2D eigenvalue weighted by molar-refractivity contribution is 5.64. The van der Waals surface area contributed by atoms with Crippen LogP contribution in [0.5, 0.6) is 5.75 Å². The number of benzene rings is 3. The van der Waals surface area contributed by atoms with E-state index in [4.69, 9.17) is 4.74 Å². The van der Waals surface area contributed by atoms with Crippen molar-refractivity contribution < 1.29 is 4.74 Å². The van der Waals surface area contributed by atoms with Crippen molar-refractivity contribution in [2.75, 3.05) is 11.9 Å². The summed E-state index contributed by atoms with van der Waals surface area (Å²) in [7, 11) is 0. The Morgan fingerprint density at radius 2 is 1.43 bits per heavy atom. The van der Waals surface area contributed by atoms with Gasteiger partial charge in [0.05, 0.1) is 5.69 Å². The van der Waals surface area contributed by atoms with Gasteiger partial charge in [0.1, 0.15) is 12.4 Å². The van der Waals surface area contributed by atoms with Gasteiger partial charge in [-0.05, 0) is 60.4 Å². The Labute approximate surface area is 178 Å². The molecular formula is C27H26N2O. The van der Waals surface area contributed by atoms with Crippen LogP contribution in [0.3, 0.4) is 0 Å². The molecule has 0 atom stereocenters. The molecule has 0 saturated heterocycles. The Morgan fingerprint density at radius 1 is 0.733 bits per heavy atom. The minimum atomic E-state index is 0.570. The molecule has 0 bridgehead atoms. The monoisotopic (exact) mass is 394 g/mol. The zero-order valence-electron chi connectivity index (χ0n) is 17.0. The third-order valence-electron chi connectivity index (χ3n) is 4.97. The largest absolute Gasteiger partial charge is 0.489 e. The fourth-order valence-corrected chi connectivity index (χ4v) is 3.33. The molecule has 4 aromatic rings. The van der Waals surface area contributed by atoms with E-state index >= 15 is 0 Å². The first-order valence-electron chi connectivity index (χ1n) is 10.4. The maximum atomic E-state index is 5.88. The molecule has 0 radical (unpaired) electrons. The number of hydrogen-bond acceptors (Lipinski definition) is 3. The average Bonchev–Trinajstić information content (AvgIpc) is 2.82. The molecule has 3 nitrogen and oxygen atoms in total. The predicted octanol–water partition coefficient (Wildman–Crippen LogP) is 6.37. The lowest BCUT2D eigenvalue weighted by Gasteiger charge is -2.09. The second-order valence-corrected chi connectivity index (χ2v) is 7.24. The zero-order chi connectivity index (χ0) is 20.4. The molecule has 1 N–H and O–H groups in total. The third kappa shape index (κ3) is 5.71. The van der Waals surface area contributed by atoms with Crippen molar-refractivity contribution in [1.82, 2.24) is 4.98 Å². The van der Waals surface area contributed by atoms with Crippen LogP contribution < -0.4 is 10.1 Å². The van der Waals surface area contributed by atoms with Crippen molar-refractivity contribution in [1.29, 1.82) is 0 Å². The molecular weight excluding hydrogens is 368 g/mol. The van der Waals surface area contributed by atoms with E-state index in [0.29, 0.717) is 6.61 Å². The maximum absolute atomic E-state index is 5.88. The second-order valence-electron chi connectivity index (χ2n) is 7.24. The van der Waals surface area contributed by atoms with Gasteiger partial charge in [0.15, 0.2) is 0 Å². The van der Waals surface area contributed by atoms with Crippen molar-refractivity contribution in [3.05, 3.63) is 114 Å². The van der Waals surface area contributed by atoms with Gasteiger partial charge in [-0.15, -0.1) is 0 Å². The molecule has 3 heteroatoms. The fourth-order valence-electron chi connectivity index (χ4n) is 3.33. The molecule has 0 saturated carbocycles. The lowest BCUT2D eigenvalue weighted by atomic mass is 10.1. The van der Waals surface area contributed by atoms with Crippen molar-refractivity contribution in [2.24, 2.45) is 0 Å². The van der Waals surface area contributed by atoms with Crippen LogP contribution in [0, 0.1) is 0 Å². The predicted molar refractivity (Wildman–Crippen MR) is 124 cm³/mol. The minimum absolute atomic E-state index is 0.570. The van der Waals surface area contributed by atoms with Crippen LogP contribution >= 0.6 is 0 Å². The standard InChI is InChI=1S/C27H26N2O/c1-3-8-22(9-4-1)12-7-18-28-25-17-19-29-27(20-25)24-13-15-26(16-14-24)30-21-23-10-5-2-6-11-23/h1-6,8-11,13-17,19-20H,7,12,18,21H2,(H,28,29). The second kappa shape index (κ2) is 10.3. The Morgan fingerprint density at radius 3 is 2.17 bits per heavy atom. The summed E-state index contributed by atoms with van der Waals surface area (Å²) >= 11 is 0. The van der Waals surface area contributed by atoms with E-state index in [1.165, 1.54) is 5.56 Å². The number of pyridine rings is 1. The van der Waals surface area contributed by atoms with Crippen LogP contribution in [0.25, 0.3) is 11.3 Å². The van der Waals surface area contributed by atoms with Crippen LogP contribution in [0.15, 0.2) is 103 Å². The van der Waals surface area contributed by atoms with Crippen LogP contribution in [0.4, 0.5) is 5.69 Å². The normalized spacial score (nSPS) is 10.5. The van der Waals surface area contributed by atoms with E-state index in [1.54, 1.807) is 0 Å². The molecule has 1 heterocycles. The van der Waals surface area contributed by atoms with Gasteiger partial charge in [-0.2, -0.15) is 0 Å². The Balaban J connectivity index is 1.30. The van der Waals surface area contributed by atoms with Gasteiger partial charge >= 0.3 is 0 Å². The molecule has 150 valence electrons. The molecule has 1 aromatic heterocycles. The molecule has 3 aromatic carbocycles. The van der Waals surface area contributed by atoms with Gasteiger partial charge in [-0.3, -0.25) is 4.98 Å². The zero-order valence-corrected chi connectivity index (χ0v) is 17.0. The average molecular weight is 395 g/mol. The number of rotatable bonds is 9. The quantitative estimate of drug-likeness (QED) is 0.335. The molecule has 0 fully saturated rings. The van der Waals surface area contributed by atoms with Crippen LogP contribution in [0.2, 0.25) is 0 Å². The summed E-state index contributed by atoms with van der Waals surface area (Å²) in [5, 5.41) is 3.51. The third-order valence-corrected chi connectivity index (χ3v) is 4.97. The van der Waals surface area contributed by atoms with Crippen LogP contribution in [0.1, 0.15) is 17.5 Å². The van der Waals surface area contributed by atoms with Crippen molar-refractivity contribution in [2.45, 2.75) is 19.4 Å². The molecule has 0 aliphatic carbocycles. The van der Waals surface area contributed by atoms with Gasteiger partial charge in [0.2, 0.25) is 0 Å². The SMILES string of the molecule is c1ccc(CCCNc2ccnc(-c3ccc(OCc4ccccc4)cc3)c2)cc1. The highest BCUT2D eigenvalue weighted by Gasteiger charge is 2.03. The summed E-state index contributed by atoms with van der Waals surface area (Å²) in [6.07, 6.45) is 4.03. The van der Waals surface area contributed by atoms with E-state index < -0.39 is 0 Å². The summed E-state index contributed by atoms with van der Waals surface area (Å²) in [6.45, 7) is 1.51. The van der Waals surface area contributed by atoms with Crippen molar-refractivity contribution in [3.8, 4) is 17.0 Å². The van der Waals surface area contributed by atoms with E-state index in [-0.39, 0.29) is 0 Å². The van der Waals surface area contributed by atoms with Crippen molar-refractivity contribution in [3.63, 3.8) is 0 Å². The van der Waals surface area contributed by atoms with E-state index in [2.05, 4.69) is 71.0 Å². The van der Waals surface area contributed by atoms with Gasteiger partial charge in [-0.1, -0.05) is 60.7 Å². The van der Waals surface area contributed by atoms with E-state index in [0.717, 1.165) is 47.6 Å². The molecule has 0 aliphatic heterocycles. The summed E-state index contributed by atoms with van der Waals surface area (Å²) in [4.78, 5) is 4.53. The Kier molecular flexibility index (Phi) is 6.74. The maximum Gasteiger partial charge on any atom is 0.119 e. The van der Waals surface area contributed by atoms with Crippen LogP contribution in [-0.2, 0) is 13.0 Å². The van der Waals surface area contributed by atoms with Gasteiger partial charge in [-0.25, -0.2) is 0 Å². The molecule has 0 unspecified atom stereocenters. The Bertz CT molecular complexity index is 1030. The van der Waals surface area contributed by atoms with Gasteiger partial charge < -0.3 is 10.1 Å². The molecule has 30 heavy (non-hydrogen) atoms. The molecule has 0 spiro atoms. The fraction of sp³-hybridized carbons (Fsp3) is 0.148. The lowest BCUT2D eigenvalue weighted by Crippen LogP contribution is -2.03. The number of nitrogens with one attached hydrogen (secondary N) is 1. The molecule has 0 aliphatic rings. The summed E-state index contributed by atoms with van der Waals surface area (Å²) in [6, 6.07) is 33.0. The topological polar surface area (TPSA) is 34.2 Å². The smallest absolute Gasteiger partial charge is 0.119 e. The summed E-state index contributed by atoms with van der Waals surface area (Å²) in [5.41, 5.74) is 5.67. The van der Waals surface area contributed by atoms with E-state index in [1.807, 2.05) is 42.6 Å². The van der Waals surface area contributed by atoms with E-state index in [9.17, 15) is 0 Å². The lowest BCUT2D eigenvalue weighted by molar-refractivity contribution is 0.306. The summed E-state index contributed by atoms with van der Waals surface area (Å²) < 4.78 is 5.88. The highest BCUT2D eigenvalue weighted by atomic mass is 16.5. The summed E-state index contributed by atoms with van der Waals surface area (Å²) in [5.74, 6) is 0.859. The number of nitrogens with zero attached hydrogens (tertiary/aromatic N) is 1. The number of hydrogen-bond donors (Lipinski definition) is 1. The van der Waals surface area contributed by atoms with Crippen LogP contribution in [-0.4, -0.2) is 11.5 Å². The molecule has 4 rings (SSSR count). The first kappa shape index (κ1) is 19.7. The number of aryl methyl sites for hydroxylation is 1. The van der Waals surface area contributed by atoms with Gasteiger partial charge in [0.25, 0.3) is 0 Å². The number of aromatic nitrogens is 1. The highest BCUT2D eigenvalue weighted by Crippen LogP contribution is 2.23. The first-order valence-corrected chi connectivity index (χ1v) is 10.4. The number of ether oxygens (including phenoxy) is 1. The molecule has 0 amide bonds. The Hall–Kier alpha value is -3.59. The minimum Gasteiger partial charge on any atom is -0.489 e.